The molecule has 0 unspecified atom stereocenters. The maximum absolute atomic E-state index is 15.2. The number of ether oxygens (including phenoxy) is 2. The zero-order chi connectivity index (χ0) is 74.1. The summed E-state index contributed by atoms with van der Waals surface area (Å²) in [5, 5.41) is 50.0. The molecule has 0 aromatic heterocycles. The number of carboxylic acids is 2. The van der Waals surface area contributed by atoms with Gasteiger partial charge in [-0.25, -0.2) is 9.59 Å². The fourth-order valence-corrected chi connectivity index (χ4v) is 12.9. The molecule has 26 heteroatoms. The first-order chi connectivity index (χ1) is 49.2. The molecule has 26 nitrogen and oxygen atoms in total. The molecule has 0 saturated carbocycles. The van der Waals surface area contributed by atoms with Crippen LogP contribution in [0, 0.1) is 5.41 Å². The summed E-state index contributed by atoms with van der Waals surface area (Å²) in [6, 6.07) is 27.7. The molecule has 6 aromatic carbocycles. The Morgan fingerprint density at radius 2 is 1.07 bits per heavy atom. The standard InChI is InChI=1S/C77H93N11O15/c1-45(78-6)67(90)84-61(37-47-17-9-8-10-18-47)73(96)88-44-57-42-64(88)72(95)83-59(39-49-23-27-51-19-11-13-21-53(51)35-49)69(92)81-58(75(98)99)31-32-65(89)80-55-41-63(87(43-55)74(97)66(77(3,4)5)86-68(91)46(2)79-7)71(94)82-60(40-50-24-28-52-20-12-14-22-54(52)36-50)70(93)85-62(76(100)101)38-48-25-29-56(30-26-48)102-33-15-16-34-103-57/h8-30,35-36,45-46,55,57-64,66,78-79H,31-34,37-44H2,1-7H3,(H,80,89)(H,81,92)(H,82,94)(H,83,95)(H,84,90)(H,85,93)(H,86,91)(H,98,99)(H,100,101)/b16-15+/t45-,46-,55-,57-,58-,59-,60-,61-,62-,63-,64-,66+/m0/s1. The molecule has 10 rings (SSSR count). The van der Waals surface area contributed by atoms with E-state index < -0.39 is 156 Å². The lowest BCUT2D eigenvalue weighted by Gasteiger charge is -2.36. The molecule has 6 aromatic rings. The van der Waals surface area contributed by atoms with Crippen LogP contribution < -0.4 is 52.6 Å². The van der Waals surface area contributed by atoms with Gasteiger partial charge in [0.2, 0.25) is 53.2 Å². The van der Waals surface area contributed by atoms with Gasteiger partial charge in [-0.15, -0.1) is 0 Å². The molecule has 12 atom stereocenters. The number of likely N-dealkylation sites (N-methyl/N-ethyl adjacent to an activating group) is 2. The molecule has 4 heterocycles. The molecule has 103 heavy (non-hydrogen) atoms. The van der Waals surface area contributed by atoms with E-state index in [0.717, 1.165) is 27.1 Å². The number of nitrogens with one attached hydrogen (secondary N) is 9. The first-order valence-corrected chi connectivity index (χ1v) is 34.8. The van der Waals surface area contributed by atoms with Crippen molar-refractivity contribution in [2.45, 2.75) is 159 Å². The molecule has 0 spiro atoms. The first-order valence-electron chi connectivity index (χ1n) is 34.8. The van der Waals surface area contributed by atoms with Gasteiger partial charge < -0.3 is 77.3 Å². The Morgan fingerprint density at radius 3 is 1.62 bits per heavy atom. The number of nitrogens with zero attached hydrogens (tertiary/aromatic N) is 2. The third-order valence-electron chi connectivity index (χ3n) is 19.0. The predicted molar refractivity (Wildman–Crippen MR) is 385 cm³/mol. The molecular weight excluding hydrogens is 1320 g/mol. The molecule has 2 saturated heterocycles. The van der Waals surface area contributed by atoms with Crippen LogP contribution in [0.4, 0.5) is 0 Å². The molecule has 6 bridgehead atoms. The van der Waals surface area contributed by atoms with Crippen molar-refractivity contribution >= 4 is 86.6 Å². The molecule has 4 aliphatic rings. The number of carbonyl (C=O) groups excluding carboxylic acids is 9. The van der Waals surface area contributed by atoms with E-state index in [2.05, 4.69) is 47.9 Å². The van der Waals surface area contributed by atoms with Crippen molar-refractivity contribution in [1.82, 2.24) is 57.7 Å². The van der Waals surface area contributed by atoms with E-state index in [1.807, 2.05) is 78.9 Å². The van der Waals surface area contributed by atoms with Gasteiger partial charge in [0.05, 0.1) is 24.8 Å². The SMILES string of the molecule is CN[C@@H](C)C(=O)N[C@@H](Cc1ccccc1)C(=O)N1C[C@@H]2C[C@H]1C(=O)N[C@@H](Cc1ccc3ccccc3c1)C(=O)N[C@H](C(=O)O)CCC(=O)N[C@H]1C[C@@H](C(=O)N[C@@H](Cc3ccc4ccccc4c3)C(=O)N[C@H](C(=O)O)Cc3ccc(cc3)OC/C=C/CO2)N(C(=O)[C@@H](NC(=O)[C@H](C)NC)C(C)(C)C)C1. The van der Waals surface area contributed by atoms with E-state index in [4.69, 9.17) is 9.47 Å². The van der Waals surface area contributed by atoms with E-state index in [1.54, 1.807) is 122 Å². The maximum Gasteiger partial charge on any atom is 0.326 e. The normalized spacial score (nSPS) is 22.9. The van der Waals surface area contributed by atoms with Crippen molar-refractivity contribution in [3.05, 3.63) is 174 Å². The minimum absolute atomic E-state index is 0.00111. The average molecular weight is 1410 g/mol. The van der Waals surface area contributed by atoms with Gasteiger partial charge in [0.1, 0.15) is 60.7 Å². The predicted octanol–water partition coefficient (Wildman–Crippen LogP) is 3.40. The minimum Gasteiger partial charge on any atom is -0.490 e. The Balaban J connectivity index is 1.05. The molecule has 4 aliphatic heterocycles. The van der Waals surface area contributed by atoms with Gasteiger partial charge in [-0.2, -0.15) is 0 Å². The molecule has 2 fully saturated rings. The monoisotopic (exact) mass is 1410 g/mol. The van der Waals surface area contributed by atoms with E-state index >= 15 is 19.2 Å². The second-order valence-corrected chi connectivity index (χ2v) is 27.6. The van der Waals surface area contributed by atoms with Gasteiger partial charge in [-0.3, -0.25) is 43.2 Å². The molecule has 0 aliphatic carbocycles. The molecular formula is C77H93N11O15. The molecule has 9 amide bonds. The van der Waals surface area contributed by atoms with Crippen molar-refractivity contribution in [3.63, 3.8) is 0 Å². The van der Waals surface area contributed by atoms with Crippen molar-refractivity contribution < 1.29 is 72.4 Å². The Hall–Kier alpha value is -10.6. The smallest absolute Gasteiger partial charge is 0.326 e. The van der Waals surface area contributed by atoms with Gasteiger partial charge in [0.15, 0.2) is 0 Å². The summed E-state index contributed by atoms with van der Waals surface area (Å²) in [7, 11) is 3.17. The summed E-state index contributed by atoms with van der Waals surface area (Å²) in [6.07, 6.45) is 0.838. The summed E-state index contributed by atoms with van der Waals surface area (Å²) in [5.74, 6) is -8.95. The van der Waals surface area contributed by atoms with E-state index in [0.29, 0.717) is 22.4 Å². The Labute approximate surface area is 598 Å². The Kier molecular flexibility index (Phi) is 26.3. The number of carboxylic acid groups (broad SMARTS) is 2. The quantitative estimate of drug-likeness (QED) is 0.0619. The largest absolute Gasteiger partial charge is 0.490 e. The van der Waals surface area contributed by atoms with E-state index in [-0.39, 0.29) is 64.8 Å². The summed E-state index contributed by atoms with van der Waals surface area (Å²) in [6.45, 7) is 8.04. The van der Waals surface area contributed by atoms with Crippen molar-refractivity contribution in [2.24, 2.45) is 5.41 Å². The summed E-state index contributed by atoms with van der Waals surface area (Å²) in [4.78, 5) is 161. The summed E-state index contributed by atoms with van der Waals surface area (Å²) in [5.41, 5.74) is 1.44. The van der Waals surface area contributed by atoms with Crippen LogP contribution in [0.5, 0.6) is 5.75 Å². The summed E-state index contributed by atoms with van der Waals surface area (Å²) >= 11 is 0. The van der Waals surface area contributed by atoms with Gasteiger partial charge in [0, 0.05) is 57.7 Å². The van der Waals surface area contributed by atoms with Crippen LogP contribution in [0.25, 0.3) is 21.5 Å². The van der Waals surface area contributed by atoms with Gasteiger partial charge in [-0.05, 0) is 108 Å². The Bertz CT molecular complexity index is 4090. The second kappa shape index (κ2) is 35.4. The Morgan fingerprint density at radius 1 is 0.553 bits per heavy atom. The number of likely N-dealkylation sites (tertiary alicyclic amines) is 2. The third kappa shape index (κ3) is 20.8. The number of carbonyl (C=O) groups is 11. The fraction of sp³-hybridized carbons (Fsp3) is 0.416. The van der Waals surface area contributed by atoms with E-state index in [9.17, 15) is 43.8 Å². The van der Waals surface area contributed by atoms with Crippen molar-refractivity contribution in [3.8, 4) is 5.75 Å². The molecule has 546 valence electrons. The highest BCUT2D eigenvalue weighted by atomic mass is 16.5. The first kappa shape index (κ1) is 76.6. The van der Waals surface area contributed by atoms with Gasteiger partial charge >= 0.3 is 11.9 Å². The van der Waals surface area contributed by atoms with E-state index in [1.165, 1.54) is 9.80 Å². The van der Waals surface area contributed by atoms with Gasteiger partial charge in [0.25, 0.3) is 0 Å². The second-order valence-electron chi connectivity index (χ2n) is 27.6. The van der Waals surface area contributed by atoms with Crippen LogP contribution in [0.3, 0.4) is 0 Å². The van der Waals surface area contributed by atoms with Crippen LogP contribution in [-0.4, -0.2) is 198 Å². The number of hydrogen-bond acceptors (Lipinski definition) is 15. The zero-order valence-electron chi connectivity index (χ0n) is 58.9. The average Bonchev–Trinajstić information content (AvgIpc) is 1.69. The van der Waals surface area contributed by atoms with Crippen molar-refractivity contribution in [2.75, 3.05) is 40.4 Å². The van der Waals surface area contributed by atoms with Crippen LogP contribution in [-0.2, 0) is 83.2 Å². The number of aliphatic carboxylic acids is 2. The van der Waals surface area contributed by atoms with Crippen LogP contribution >= 0.6 is 0 Å². The van der Waals surface area contributed by atoms with Crippen LogP contribution in [0.1, 0.15) is 82.6 Å². The minimum atomic E-state index is -1.74. The lowest BCUT2D eigenvalue weighted by Crippen LogP contribution is -2.61. The highest BCUT2D eigenvalue weighted by Gasteiger charge is 2.48. The highest BCUT2D eigenvalue weighted by Crippen LogP contribution is 2.29. The lowest BCUT2D eigenvalue weighted by atomic mass is 9.85. The topological polar surface area (TPSA) is 361 Å². The zero-order valence-corrected chi connectivity index (χ0v) is 58.9. The number of hydrogen-bond donors (Lipinski definition) is 11. The highest BCUT2D eigenvalue weighted by molar-refractivity contribution is 5.99. The van der Waals surface area contributed by atoms with Gasteiger partial charge in [-0.1, -0.05) is 154 Å². The van der Waals surface area contributed by atoms with Crippen LogP contribution in [0.2, 0.25) is 0 Å². The fourth-order valence-electron chi connectivity index (χ4n) is 12.9. The number of benzene rings is 6. The van der Waals surface area contributed by atoms with Crippen LogP contribution in [0.15, 0.2) is 152 Å². The number of amides is 9. The molecule has 11 N–H and O–H groups in total. The maximum atomic E-state index is 15.2. The summed E-state index contributed by atoms with van der Waals surface area (Å²) < 4.78 is 12.3. The number of rotatable bonds is 16. The van der Waals surface area contributed by atoms with Crippen molar-refractivity contribution in [1.29, 1.82) is 0 Å². The lowest BCUT2D eigenvalue weighted by molar-refractivity contribution is -0.145. The molecule has 0 radical (unpaired) electrons. The third-order valence-corrected chi connectivity index (χ3v) is 19.0. The number of fused-ring (bicyclic) bond motifs is 23.